The van der Waals surface area contributed by atoms with E-state index in [2.05, 4.69) is 9.97 Å². The maximum atomic E-state index is 13.8. The molecule has 3 aromatic rings. The van der Waals surface area contributed by atoms with Gasteiger partial charge in [0, 0.05) is 25.7 Å². The van der Waals surface area contributed by atoms with Crippen molar-refractivity contribution in [1.82, 2.24) is 15.0 Å². The molecule has 1 aromatic heterocycles. The highest BCUT2D eigenvalue weighted by Crippen LogP contribution is 2.44. The van der Waals surface area contributed by atoms with Gasteiger partial charge in [-0.05, 0) is 69.0 Å². The fourth-order valence-electron chi connectivity index (χ4n) is 5.70. The summed E-state index contributed by atoms with van der Waals surface area (Å²) in [6, 6.07) is 5.58. The van der Waals surface area contributed by atoms with Crippen LogP contribution in [0.15, 0.2) is 48.8 Å². The smallest absolute Gasteiger partial charge is 0.416 e. The third-order valence-electron chi connectivity index (χ3n) is 8.01. The summed E-state index contributed by atoms with van der Waals surface area (Å²) >= 11 is 0. The van der Waals surface area contributed by atoms with Gasteiger partial charge in [-0.2, -0.15) is 26.3 Å². The maximum absolute atomic E-state index is 13.8. The minimum Gasteiger partial charge on any atom is -0.481 e. The number of aromatic nitrogens is 2. The molecule has 2 atom stereocenters. The van der Waals surface area contributed by atoms with E-state index in [1.807, 2.05) is 13.8 Å². The van der Waals surface area contributed by atoms with E-state index in [9.17, 15) is 35.9 Å². The number of carboxylic acid groups (broad SMARTS) is 1. The van der Waals surface area contributed by atoms with Gasteiger partial charge in [-0.15, -0.1) is 5.06 Å². The highest BCUT2D eigenvalue weighted by atomic mass is 19.4. The molecule has 1 N–H and O–H groups in total. The van der Waals surface area contributed by atoms with E-state index in [4.69, 9.17) is 14.7 Å². The highest BCUT2D eigenvalue weighted by molar-refractivity contribution is 5.90. The molecule has 0 aliphatic carbocycles. The molecule has 0 saturated carbocycles. The Morgan fingerprint density at radius 2 is 1.61 bits per heavy atom. The molecule has 0 radical (unpaired) electrons. The minimum absolute atomic E-state index is 0.0243. The van der Waals surface area contributed by atoms with Gasteiger partial charge in [0.25, 0.3) is 0 Å². The summed E-state index contributed by atoms with van der Waals surface area (Å²) in [7, 11) is 0. The summed E-state index contributed by atoms with van der Waals surface area (Å²) < 4.78 is 88.4. The molecule has 4 rings (SSSR count). The zero-order valence-corrected chi connectivity index (χ0v) is 27.3. The largest absolute Gasteiger partial charge is 0.481 e. The molecule has 0 unspecified atom stereocenters. The minimum atomic E-state index is -5.05. The molecule has 1 aliphatic rings. The van der Waals surface area contributed by atoms with E-state index in [0.717, 1.165) is 5.56 Å². The Hall–Kier alpha value is -4.60. The van der Waals surface area contributed by atoms with E-state index in [-0.39, 0.29) is 49.3 Å². The second-order valence-corrected chi connectivity index (χ2v) is 11.5. The number of ether oxygens (including phenoxy) is 1. The molecular formula is C33H37F6N5O5. The van der Waals surface area contributed by atoms with Crippen molar-refractivity contribution in [3.63, 3.8) is 0 Å². The molecule has 0 saturated heterocycles. The monoisotopic (exact) mass is 697 g/mol. The van der Waals surface area contributed by atoms with Gasteiger partial charge in [0.05, 0.1) is 48.3 Å². The Bertz CT molecular complexity index is 1590. The Morgan fingerprint density at radius 1 is 0.980 bits per heavy atom. The molecule has 0 fully saturated rings. The van der Waals surface area contributed by atoms with Gasteiger partial charge in [0.15, 0.2) is 5.75 Å². The van der Waals surface area contributed by atoms with Crippen molar-refractivity contribution in [2.24, 2.45) is 0 Å². The van der Waals surface area contributed by atoms with Crippen molar-refractivity contribution in [2.75, 3.05) is 29.5 Å². The van der Waals surface area contributed by atoms with E-state index < -0.39 is 54.2 Å². The molecule has 266 valence electrons. The number of hydroxylamine groups is 2. The first-order chi connectivity index (χ1) is 23.0. The molecule has 2 heterocycles. The summed E-state index contributed by atoms with van der Waals surface area (Å²) in [4.78, 5) is 41.7. The number of hydrogen-bond acceptors (Lipinski definition) is 8. The number of anilines is 2. The van der Waals surface area contributed by atoms with Crippen molar-refractivity contribution < 1.29 is 50.6 Å². The zero-order valence-electron chi connectivity index (χ0n) is 27.3. The van der Waals surface area contributed by atoms with Gasteiger partial charge in [-0.3, -0.25) is 9.69 Å². The van der Waals surface area contributed by atoms with Crippen LogP contribution in [0.5, 0.6) is 5.75 Å². The number of rotatable bonds is 12. The van der Waals surface area contributed by atoms with Gasteiger partial charge >= 0.3 is 24.4 Å². The quantitative estimate of drug-likeness (QED) is 0.150. The Morgan fingerprint density at radius 3 is 2.14 bits per heavy atom. The molecule has 0 bridgehead atoms. The molecule has 2 aromatic carbocycles. The standard InChI is InChI=1S/C33H37F6N5O5/c1-5-24-16-28(26-12-20(4)8-9-27(26)44(24)31(47)48-7-3)43(19-21-13-22(32(34,35)36)15-23(14-21)33(37,38)39)30-40-17-25(18-41-30)49-42(6-2)11-10-29(45)46/h8-9,12-15,17-18,24,28H,5-7,10-11,16,19H2,1-4H3,(H,45,46)/t24-,28+/m1/s1. The summed E-state index contributed by atoms with van der Waals surface area (Å²) in [5.74, 6) is -0.916. The SMILES string of the molecule is CCOC(=O)N1c2ccc(C)cc2[C@@H](N(Cc2cc(C(F)(F)F)cc(C(F)(F)F)c2)c2ncc(ON(CC)CCC(=O)O)cn2)C[C@H]1CC. The van der Waals surface area contributed by atoms with Crippen LogP contribution in [0, 0.1) is 6.92 Å². The third-order valence-corrected chi connectivity index (χ3v) is 8.01. The molecule has 10 nitrogen and oxygen atoms in total. The topological polar surface area (TPSA) is 108 Å². The lowest BCUT2D eigenvalue weighted by atomic mass is 9.87. The Labute approximate surface area is 279 Å². The number of alkyl halides is 6. The second kappa shape index (κ2) is 15.3. The summed E-state index contributed by atoms with van der Waals surface area (Å²) in [5, 5.41) is 10.4. The van der Waals surface area contributed by atoms with Crippen molar-refractivity contribution in [3.05, 3.63) is 76.6 Å². The van der Waals surface area contributed by atoms with E-state index in [0.29, 0.717) is 36.3 Å². The van der Waals surface area contributed by atoms with Crippen molar-refractivity contribution >= 4 is 23.7 Å². The van der Waals surface area contributed by atoms with Crippen LogP contribution in [0.25, 0.3) is 0 Å². The summed E-state index contributed by atoms with van der Waals surface area (Å²) in [6.45, 7) is 7.13. The van der Waals surface area contributed by atoms with Crippen LogP contribution in [0.1, 0.15) is 73.9 Å². The predicted octanol–water partition coefficient (Wildman–Crippen LogP) is 7.81. The van der Waals surface area contributed by atoms with Crippen LogP contribution < -0.4 is 14.6 Å². The molecular weight excluding hydrogens is 660 g/mol. The number of carbonyl (C=O) groups is 2. The van der Waals surface area contributed by atoms with Gasteiger partial charge in [-0.1, -0.05) is 24.6 Å². The fourth-order valence-corrected chi connectivity index (χ4v) is 5.70. The van der Waals surface area contributed by atoms with Crippen molar-refractivity contribution in [2.45, 2.75) is 77.9 Å². The first-order valence-electron chi connectivity index (χ1n) is 15.6. The molecule has 16 heteroatoms. The number of fused-ring (bicyclic) bond motifs is 1. The normalized spacial score (nSPS) is 16.3. The maximum Gasteiger partial charge on any atom is 0.416 e. The van der Waals surface area contributed by atoms with Crippen LogP contribution in [-0.4, -0.2) is 57.9 Å². The Balaban J connectivity index is 1.85. The fraction of sp³-hybridized carbons (Fsp3) is 0.455. The zero-order chi connectivity index (χ0) is 36.1. The third kappa shape index (κ3) is 9.10. The number of amides is 1. The first-order valence-corrected chi connectivity index (χ1v) is 15.6. The van der Waals surface area contributed by atoms with Crippen LogP contribution in [-0.2, 0) is 28.4 Å². The second-order valence-electron chi connectivity index (χ2n) is 11.5. The van der Waals surface area contributed by atoms with Gasteiger partial charge < -0.3 is 19.6 Å². The highest BCUT2D eigenvalue weighted by Gasteiger charge is 2.41. The summed E-state index contributed by atoms with van der Waals surface area (Å²) in [5.41, 5.74) is -1.34. The van der Waals surface area contributed by atoms with Crippen LogP contribution in [0.3, 0.4) is 0 Å². The average Bonchev–Trinajstić information content (AvgIpc) is 3.04. The number of carboxylic acids is 1. The van der Waals surface area contributed by atoms with E-state index >= 15 is 0 Å². The van der Waals surface area contributed by atoms with Gasteiger partial charge in [0.2, 0.25) is 5.95 Å². The average molecular weight is 698 g/mol. The molecule has 1 amide bonds. The molecule has 0 spiro atoms. The van der Waals surface area contributed by atoms with Crippen LogP contribution >= 0.6 is 0 Å². The van der Waals surface area contributed by atoms with Crippen molar-refractivity contribution in [1.29, 1.82) is 0 Å². The molecule has 1 aliphatic heterocycles. The number of benzene rings is 2. The number of aryl methyl sites for hydroxylation is 1. The molecule has 49 heavy (non-hydrogen) atoms. The summed E-state index contributed by atoms with van der Waals surface area (Å²) in [6.07, 6.45) is -7.64. The van der Waals surface area contributed by atoms with E-state index in [1.54, 1.807) is 32.0 Å². The number of nitrogens with zero attached hydrogens (tertiary/aromatic N) is 5. The van der Waals surface area contributed by atoms with Crippen LogP contribution in [0.4, 0.5) is 42.8 Å². The van der Waals surface area contributed by atoms with Crippen LogP contribution in [0.2, 0.25) is 0 Å². The predicted molar refractivity (Wildman–Crippen MR) is 167 cm³/mol. The number of aliphatic carboxylic acids is 1. The first kappa shape index (κ1) is 37.2. The lowest BCUT2D eigenvalue weighted by molar-refractivity contribution is -0.143. The van der Waals surface area contributed by atoms with Gasteiger partial charge in [-0.25, -0.2) is 14.8 Å². The van der Waals surface area contributed by atoms with Crippen molar-refractivity contribution in [3.8, 4) is 5.75 Å². The number of halogens is 6. The van der Waals surface area contributed by atoms with E-state index in [1.165, 1.54) is 27.3 Å². The lowest BCUT2D eigenvalue weighted by Gasteiger charge is -2.44. The lowest BCUT2D eigenvalue weighted by Crippen LogP contribution is -2.48. The number of hydrogen-bond donors (Lipinski definition) is 1. The van der Waals surface area contributed by atoms with Gasteiger partial charge in [0.1, 0.15) is 0 Å². The Kier molecular flexibility index (Phi) is 11.6. The number of carbonyl (C=O) groups excluding carboxylic acids is 1.